The second-order valence-corrected chi connectivity index (χ2v) is 3.53. The van der Waals surface area contributed by atoms with Gasteiger partial charge in [-0.1, -0.05) is 12.8 Å². The van der Waals surface area contributed by atoms with Crippen molar-refractivity contribution in [1.82, 2.24) is 0 Å². The molecule has 0 aromatic heterocycles. The van der Waals surface area contributed by atoms with Gasteiger partial charge in [-0.05, 0) is 12.8 Å². The summed E-state index contributed by atoms with van der Waals surface area (Å²) in [5.74, 6) is -1.99. The maximum absolute atomic E-state index is 12.3. The molecule has 2 unspecified atom stereocenters. The lowest BCUT2D eigenvalue weighted by Crippen LogP contribution is -2.41. The van der Waals surface area contributed by atoms with E-state index in [1.165, 1.54) is 0 Å². The van der Waals surface area contributed by atoms with E-state index in [2.05, 4.69) is 4.74 Å². The van der Waals surface area contributed by atoms with Gasteiger partial charge < -0.3 is 0 Å². The van der Waals surface area contributed by atoms with Crippen LogP contribution < -0.4 is 0 Å². The summed E-state index contributed by atoms with van der Waals surface area (Å²) in [4.78, 5) is 0. The Bertz CT molecular complexity index is 208. The fourth-order valence-electron chi connectivity index (χ4n) is 1.78. The smallest absolute Gasteiger partial charge is 0.288 e. The van der Waals surface area contributed by atoms with Crippen LogP contribution in [0.3, 0.4) is 0 Å². The predicted octanol–water partition coefficient (Wildman–Crippen LogP) is 3.64. The molecule has 90 valence electrons. The third-order valence-electron chi connectivity index (χ3n) is 2.41. The summed E-state index contributed by atoms with van der Waals surface area (Å²) in [6.07, 6.45) is -11.2. The SMILES string of the molecule is FC(F)(F)OC1CCCCC1C(F)(F)F. The lowest BCUT2D eigenvalue weighted by Gasteiger charge is -2.32. The van der Waals surface area contributed by atoms with E-state index in [4.69, 9.17) is 0 Å². The van der Waals surface area contributed by atoms with Gasteiger partial charge in [0.15, 0.2) is 0 Å². The first kappa shape index (κ1) is 12.6. The molecular formula is C8H10F6O. The van der Waals surface area contributed by atoms with Crippen molar-refractivity contribution in [1.29, 1.82) is 0 Å². The molecule has 1 aliphatic rings. The highest BCUT2D eigenvalue weighted by Crippen LogP contribution is 2.41. The van der Waals surface area contributed by atoms with Crippen molar-refractivity contribution < 1.29 is 31.1 Å². The maximum Gasteiger partial charge on any atom is 0.522 e. The Balaban J connectivity index is 2.66. The van der Waals surface area contributed by atoms with E-state index >= 15 is 0 Å². The molecule has 2 atom stereocenters. The molecule has 0 saturated heterocycles. The van der Waals surface area contributed by atoms with Gasteiger partial charge in [-0.3, -0.25) is 4.74 Å². The van der Waals surface area contributed by atoms with E-state index in [9.17, 15) is 26.3 Å². The van der Waals surface area contributed by atoms with Crippen LogP contribution in [0.2, 0.25) is 0 Å². The Kier molecular flexibility index (Phi) is 3.52. The van der Waals surface area contributed by atoms with Crippen molar-refractivity contribution in [2.75, 3.05) is 0 Å². The van der Waals surface area contributed by atoms with Crippen molar-refractivity contribution >= 4 is 0 Å². The second-order valence-electron chi connectivity index (χ2n) is 3.53. The van der Waals surface area contributed by atoms with Crippen molar-refractivity contribution in [2.24, 2.45) is 5.92 Å². The fraction of sp³-hybridized carbons (Fsp3) is 1.00. The summed E-state index contributed by atoms with van der Waals surface area (Å²) in [6.45, 7) is 0. The topological polar surface area (TPSA) is 9.23 Å². The highest BCUT2D eigenvalue weighted by atomic mass is 19.4. The Hall–Kier alpha value is -0.460. The monoisotopic (exact) mass is 236 g/mol. The number of halogens is 6. The molecule has 0 aromatic rings. The van der Waals surface area contributed by atoms with Crippen LogP contribution in [-0.4, -0.2) is 18.6 Å². The fourth-order valence-corrected chi connectivity index (χ4v) is 1.78. The highest BCUT2D eigenvalue weighted by Gasteiger charge is 2.49. The maximum atomic E-state index is 12.3. The molecule has 1 nitrogen and oxygen atoms in total. The normalized spacial score (nSPS) is 29.2. The first-order chi connectivity index (χ1) is 6.70. The molecule has 1 fully saturated rings. The minimum Gasteiger partial charge on any atom is -0.288 e. The lowest BCUT2D eigenvalue weighted by atomic mass is 9.86. The molecule has 0 heterocycles. The zero-order valence-electron chi connectivity index (χ0n) is 7.66. The van der Waals surface area contributed by atoms with Gasteiger partial charge in [-0.15, -0.1) is 13.2 Å². The van der Waals surface area contributed by atoms with Crippen LogP contribution in [0.15, 0.2) is 0 Å². The molecule has 1 rings (SSSR count). The summed E-state index contributed by atoms with van der Waals surface area (Å²) in [7, 11) is 0. The average Bonchev–Trinajstić information content (AvgIpc) is 1.99. The summed E-state index contributed by atoms with van der Waals surface area (Å²) >= 11 is 0. The highest BCUT2D eigenvalue weighted by molar-refractivity contribution is 4.81. The molecule has 0 bridgehead atoms. The summed E-state index contributed by atoms with van der Waals surface area (Å²) in [5.41, 5.74) is 0. The Morgan fingerprint density at radius 2 is 1.40 bits per heavy atom. The van der Waals surface area contributed by atoms with Crippen LogP contribution in [0, 0.1) is 5.92 Å². The second kappa shape index (κ2) is 4.19. The number of hydrogen-bond acceptors (Lipinski definition) is 1. The molecule has 0 N–H and O–H groups in total. The standard InChI is InChI=1S/C8H10F6O/c9-7(10,11)5-3-1-2-4-6(5)15-8(12,13)14/h5-6H,1-4H2. The zero-order valence-corrected chi connectivity index (χ0v) is 7.66. The first-order valence-corrected chi connectivity index (χ1v) is 4.51. The minimum atomic E-state index is -4.99. The Labute approximate surface area is 82.4 Å². The van der Waals surface area contributed by atoms with Crippen molar-refractivity contribution in [3.8, 4) is 0 Å². The summed E-state index contributed by atoms with van der Waals surface area (Å²) < 4.78 is 75.9. The quantitative estimate of drug-likeness (QED) is 0.631. The molecule has 1 aliphatic carbocycles. The minimum absolute atomic E-state index is 0.191. The first-order valence-electron chi connectivity index (χ1n) is 4.51. The van der Waals surface area contributed by atoms with Crippen molar-refractivity contribution in [3.05, 3.63) is 0 Å². The molecule has 0 aromatic carbocycles. The van der Waals surface area contributed by atoms with Crippen LogP contribution in [0.5, 0.6) is 0 Å². The Morgan fingerprint density at radius 3 is 1.87 bits per heavy atom. The average molecular weight is 236 g/mol. The number of ether oxygens (including phenoxy) is 1. The van der Waals surface area contributed by atoms with E-state index in [-0.39, 0.29) is 12.8 Å². The van der Waals surface area contributed by atoms with Crippen LogP contribution in [0.4, 0.5) is 26.3 Å². The van der Waals surface area contributed by atoms with E-state index in [1.54, 1.807) is 0 Å². The predicted molar refractivity (Wildman–Crippen MR) is 38.9 cm³/mol. The number of rotatable bonds is 1. The summed E-state index contributed by atoms with van der Waals surface area (Å²) in [6, 6.07) is 0. The number of alkyl halides is 6. The van der Waals surface area contributed by atoms with Gasteiger partial charge in [-0.2, -0.15) is 13.2 Å². The van der Waals surface area contributed by atoms with E-state index in [0.29, 0.717) is 12.8 Å². The van der Waals surface area contributed by atoms with Gasteiger partial charge in [0.05, 0.1) is 12.0 Å². The van der Waals surface area contributed by atoms with Crippen LogP contribution in [-0.2, 0) is 4.74 Å². The third kappa shape index (κ3) is 3.89. The van der Waals surface area contributed by atoms with Gasteiger partial charge in [0.2, 0.25) is 0 Å². The largest absolute Gasteiger partial charge is 0.522 e. The molecule has 7 heteroatoms. The van der Waals surface area contributed by atoms with Crippen LogP contribution >= 0.6 is 0 Å². The molecule has 0 aliphatic heterocycles. The molecule has 0 amide bonds. The van der Waals surface area contributed by atoms with Gasteiger partial charge in [-0.25, -0.2) is 0 Å². The van der Waals surface area contributed by atoms with Crippen LogP contribution in [0.1, 0.15) is 25.7 Å². The molecule has 1 saturated carbocycles. The van der Waals surface area contributed by atoms with E-state index < -0.39 is 24.6 Å². The molecular weight excluding hydrogens is 226 g/mol. The molecule has 0 radical (unpaired) electrons. The molecule has 15 heavy (non-hydrogen) atoms. The Morgan fingerprint density at radius 1 is 0.867 bits per heavy atom. The van der Waals surface area contributed by atoms with Gasteiger partial charge in [0.1, 0.15) is 0 Å². The summed E-state index contributed by atoms with van der Waals surface area (Å²) in [5, 5.41) is 0. The third-order valence-corrected chi connectivity index (χ3v) is 2.41. The van der Waals surface area contributed by atoms with Crippen molar-refractivity contribution in [3.63, 3.8) is 0 Å². The van der Waals surface area contributed by atoms with Crippen LogP contribution in [0.25, 0.3) is 0 Å². The molecule has 0 spiro atoms. The number of hydrogen-bond donors (Lipinski definition) is 0. The van der Waals surface area contributed by atoms with E-state index in [1.807, 2.05) is 0 Å². The van der Waals surface area contributed by atoms with E-state index in [0.717, 1.165) is 0 Å². The zero-order chi connectivity index (χ0) is 11.7. The van der Waals surface area contributed by atoms with Gasteiger partial charge >= 0.3 is 12.5 Å². The van der Waals surface area contributed by atoms with Gasteiger partial charge in [0.25, 0.3) is 0 Å². The van der Waals surface area contributed by atoms with Crippen molar-refractivity contribution in [2.45, 2.75) is 44.3 Å². The van der Waals surface area contributed by atoms with Gasteiger partial charge in [0, 0.05) is 0 Å². The lowest BCUT2D eigenvalue weighted by molar-refractivity contribution is -0.363.